The number of amides is 2. The average Bonchev–Trinajstić information content (AvgIpc) is 3.20. The molecule has 172 valence electrons. The predicted molar refractivity (Wildman–Crippen MR) is 131 cm³/mol. The molecule has 0 bridgehead atoms. The van der Waals surface area contributed by atoms with Crippen LogP contribution in [0.2, 0.25) is 0 Å². The highest BCUT2D eigenvalue weighted by Crippen LogP contribution is 2.46. The number of hydrogen-bond acceptors (Lipinski definition) is 5. The van der Waals surface area contributed by atoms with Crippen LogP contribution in [-0.4, -0.2) is 47.1 Å². The van der Waals surface area contributed by atoms with E-state index in [2.05, 4.69) is 70.7 Å². The number of benzene rings is 2. The second-order valence-electron chi connectivity index (χ2n) is 9.54. The molecule has 3 aromatic rings. The van der Waals surface area contributed by atoms with E-state index in [0.29, 0.717) is 23.6 Å². The molecule has 1 saturated heterocycles. The van der Waals surface area contributed by atoms with E-state index >= 15 is 0 Å². The van der Waals surface area contributed by atoms with Crippen molar-refractivity contribution in [3.63, 3.8) is 0 Å². The first-order valence-electron chi connectivity index (χ1n) is 11.6. The average molecular weight is 453 g/mol. The molecule has 0 unspecified atom stereocenters. The lowest BCUT2D eigenvalue weighted by atomic mass is 9.69. The van der Waals surface area contributed by atoms with Crippen molar-refractivity contribution < 1.29 is 4.79 Å². The number of rotatable bonds is 4. The number of nitriles is 1. The summed E-state index contributed by atoms with van der Waals surface area (Å²) in [4.78, 5) is 26.0. The molecule has 1 spiro atoms. The zero-order valence-corrected chi connectivity index (χ0v) is 19.5. The lowest BCUT2D eigenvalue weighted by molar-refractivity contribution is 0.0658. The van der Waals surface area contributed by atoms with Crippen LogP contribution in [0, 0.1) is 11.3 Å². The maximum Gasteiger partial charge on any atom is 0.322 e. The minimum absolute atomic E-state index is 0.0173. The van der Waals surface area contributed by atoms with E-state index in [9.17, 15) is 4.79 Å². The summed E-state index contributed by atoms with van der Waals surface area (Å²) in [6.45, 7) is 0.615. The van der Waals surface area contributed by atoms with Gasteiger partial charge in [0, 0.05) is 11.1 Å². The standard InChI is InChI=1S/C27H28N6O/c1-32(2)27(22-6-4-3-5-7-22)14-12-26(13-15-27)19-33(25(34)31-26)23-17-29-24(30-18-23)21-10-8-20(16-28)9-11-21/h3-11,17-18H,12-15,19H2,1-2H3,(H,31,34). The minimum atomic E-state index is -0.239. The smallest absolute Gasteiger partial charge is 0.322 e. The van der Waals surface area contributed by atoms with E-state index in [-0.39, 0.29) is 17.1 Å². The maximum atomic E-state index is 13.0. The van der Waals surface area contributed by atoms with Crippen molar-refractivity contribution >= 4 is 11.7 Å². The third-order valence-electron chi connectivity index (χ3n) is 7.50. The lowest BCUT2D eigenvalue weighted by Gasteiger charge is -2.48. The zero-order valence-electron chi connectivity index (χ0n) is 19.5. The van der Waals surface area contributed by atoms with Gasteiger partial charge in [-0.3, -0.25) is 9.80 Å². The second-order valence-corrected chi connectivity index (χ2v) is 9.54. The van der Waals surface area contributed by atoms with Gasteiger partial charge in [0.2, 0.25) is 0 Å². The molecule has 0 radical (unpaired) electrons. The van der Waals surface area contributed by atoms with Gasteiger partial charge < -0.3 is 5.32 Å². The van der Waals surface area contributed by atoms with Gasteiger partial charge in [-0.1, -0.05) is 30.3 Å². The SMILES string of the molecule is CN(C)C1(c2ccccc2)CCC2(CC1)CN(c1cnc(-c3ccc(C#N)cc3)nc1)C(=O)N2. The number of urea groups is 1. The Morgan fingerprint density at radius 3 is 2.21 bits per heavy atom. The van der Waals surface area contributed by atoms with Crippen LogP contribution in [0.25, 0.3) is 11.4 Å². The zero-order chi connectivity index (χ0) is 23.8. The molecule has 2 heterocycles. The van der Waals surface area contributed by atoms with Gasteiger partial charge in [0.05, 0.1) is 41.8 Å². The van der Waals surface area contributed by atoms with Crippen LogP contribution in [0.4, 0.5) is 10.5 Å². The quantitative estimate of drug-likeness (QED) is 0.637. The van der Waals surface area contributed by atoms with Crippen molar-refractivity contribution in [3.05, 3.63) is 78.1 Å². The van der Waals surface area contributed by atoms with Gasteiger partial charge in [0.15, 0.2) is 5.82 Å². The van der Waals surface area contributed by atoms with Crippen LogP contribution in [0.1, 0.15) is 36.8 Å². The summed E-state index contributed by atoms with van der Waals surface area (Å²) < 4.78 is 0. The molecule has 7 nitrogen and oxygen atoms in total. The molecule has 1 N–H and O–H groups in total. The first-order valence-corrected chi connectivity index (χ1v) is 11.6. The summed E-state index contributed by atoms with van der Waals surface area (Å²) in [6, 6.07) is 19.9. The summed E-state index contributed by atoms with van der Waals surface area (Å²) >= 11 is 0. The van der Waals surface area contributed by atoms with E-state index < -0.39 is 0 Å². The van der Waals surface area contributed by atoms with Crippen LogP contribution in [0.5, 0.6) is 0 Å². The van der Waals surface area contributed by atoms with Gasteiger partial charge in [0.25, 0.3) is 0 Å². The molecule has 1 saturated carbocycles. The van der Waals surface area contributed by atoms with Crippen molar-refractivity contribution in [2.45, 2.75) is 36.8 Å². The molecule has 1 aliphatic heterocycles. The summed E-state index contributed by atoms with van der Waals surface area (Å²) in [7, 11) is 4.30. The topological polar surface area (TPSA) is 85.2 Å². The van der Waals surface area contributed by atoms with Gasteiger partial charge >= 0.3 is 6.03 Å². The number of aromatic nitrogens is 2. The number of anilines is 1. The Bertz CT molecular complexity index is 1210. The van der Waals surface area contributed by atoms with E-state index in [1.165, 1.54) is 5.56 Å². The molecule has 7 heteroatoms. The number of nitrogens with zero attached hydrogens (tertiary/aromatic N) is 5. The van der Waals surface area contributed by atoms with Crippen molar-refractivity contribution in [2.75, 3.05) is 25.5 Å². The highest BCUT2D eigenvalue weighted by molar-refractivity contribution is 5.95. The highest BCUT2D eigenvalue weighted by Gasteiger charge is 2.50. The molecule has 5 rings (SSSR count). The predicted octanol–water partition coefficient (Wildman–Crippen LogP) is 4.31. The van der Waals surface area contributed by atoms with Crippen LogP contribution < -0.4 is 10.2 Å². The van der Waals surface area contributed by atoms with Gasteiger partial charge in [-0.2, -0.15) is 5.26 Å². The molecule has 2 aromatic carbocycles. The molecular formula is C27H28N6O. The van der Waals surface area contributed by atoms with Crippen molar-refractivity contribution in [1.29, 1.82) is 5.26 Å². The van der Waals surface area contributed by atoms with Gasteiger partial charge in [-0.25, -0.2) is 14.8 Å². The van der Waals surface area contributed by atoms with E-state index in [1.54, 1.807) is 29.4 Å². The molecule has 2 amide bonds. The van der Waals surface area contributed by atoms with Gasteiger partial charge in [-0.15, -0.1) is 0 Å². The monoisotopic (exact) mass is 452 g/mol. The summed E-state index contributed by atoms with van der Waals surface area (Å²) in [5, 5.41) is 12.3. The van der Waals surface area contributed by atoms with Crippen LogP contribution in [0.3, 0.4) is 0 Å². The summed E-state index contributed by atoms with van der Waals surface area (Å²) in [5.74, 6) is 0.568. The molecule has 34 heavy (non-hydrogen) atoms. The Kier molecular flexibility index (Phi) is 5.54. The summed E-state index contributed by atoms with van der Waals surface area (Å²) in [6.07, 6.45) is 7.18. The van der Waals surface area contributed by atoms with Crippen LogP contribution >= 0.6 is 0 Å². The fourth-order valence-corrected chi connectivity index (χ4v) is 5.39. The Labute approximate surface area is 200 Å². The normalized spacial score (nSPS) is 24.3. The Balaban J connectivity index is 1.32. The number of carbonyl (C=O) groups is 1. The highest BCUT2D eigenvalue weighted by atomic mass is 16.2. The number of nitrogens with one attached hydrogen (secondary N) is 1. The largest absolute Gasteiger partial charge is 0.330 e. The minimum Gasteiger partial charge on any atom is -0.330 e. The molecule has 1 aromatic heterocycles. The first-order chi connectivity index (χ1) is 16.4. The Hall–Kier alpha value is -3.76. The summed E-state index contributed by atoms with van der Waals surface area (Å²) in [5.41, 5.74) is 3.20. The Morgan fingerprint density at radius 2 is 1.62 bits per heavy atom. The van der Waals surface area contributed by atoms with Gasteiger partial charge in [0.1, 0.15) is 0 Å². The van der Waals surface area contributed by atoms with Crippen molar-refractivity contribution in [1.82, 2.24) is 20.2 Å². The van der Waals surface area contributed by atoms with E-state index in [4.69, 9.17) is 5.26 Å². The van der Waals surface area contributed by atoms with Crippen LogP contribution in [-0.2, 0) is 5.54 Å². The molecule has 2 aliphatic rings. The molecule has 1 aliphatic carbocycles. The molecular weight excluding hydrogens is 424 g/mol. The van der Waals surface area contributed by atoms with Crippen molar-refractivity contribution in [3.8, 4) is 17.5 Å². The van der Waals surface area contributed by atoms with Gasteiger partial charge in [-0.05, 0) is 69.6 Å². The Morgan fingerprint density at radius 1 is 0.971 bits per heavy atom. The fourth-order valence-electron chi connectivity index (χ4n) is 5.39. The number of carbonyl (C=O) groups excluding carboxylic acids is 1. The third kappa shape index (κ3) is 3.80. The van der Waals surface area contributed by atoms with E-state index in [0.717, 1.165) is 31.2 Å². The molecule has 2 fully saturated rings. The molecule has 0 atom stereocenters. The second kappa shape index (κ2) is 8.54. The first kappa shape index (κ1) is 22.1. The third-order valence-corrected chi connectivity index (χ3v) is 7.50. The van der Waals surface area contributed by atoms with Crippen LogP contribution in [0.15, 0.2) is 67.0 Å². The van der Waals surface area contributed by atoms with E-state index in [1.807, 2.05) is 12.1 Å². The maximum absolute atomic E-state index is 13.0. The lowest BCUT2D eigenvalue weighted by Crippen LogP contribution is -2.54. The van der Waals surface area contributed by atoms with Crippen molar-refractivity contribution in [2.24, 2.45) is 0 Å². The fraction of sp³-hybridized carbons (Fsp3) is 0.333. The number of hydrogen-bond donors (Lipinski definition) is 1.